The van der Waals surface area contributed by atoms with Crippen molar-refractivity contribution in [3.63, 3.8) is 0 Å². The van der Waals surface area contributed by atoms with Gasteiger partial charge in [0.1, 0.15) is 5.69 Å². The Kier molecular flexibility index (Phi) is 3.72. The van der Waals surface area contributed by atoms with Crippen molar-refractivity contribution >= 4 is 11.7 Å². The molecule has 1 rings (SSSR count). The van der Waals surface area contributed by atoms with Gasteiger partial charge >= 0.3 is 5.82 Å². The van der Waals surface area contributed by atoms with E-state index >= 15 is 0 Å². The predicted molar refractivity (Wildman–Crippen MR) is 53.5 cm³/mol. The summed E-state index contributed by atoms with van der Waals surface area (Å²) in [7, 11) is 0. The van der Waals surface area contributed by atoms with Crippen LogP contribution in [0.1, 0.15) is 5.69 Å². The first-order chi connectivity index (χ1) is 7.54. The molecule has 8 nitrogen and oxygen atoms in total. The SMILES string of the molecule is Cc1ccc(OCC(=O)NN)c([N+](=O)[O-])n1. The van der Waals surface area contributed by atoms with Crippen LogP contribution in [-0.4, -0.2) is 22.4 Å². The zero-order chi connectivity index (χ0) is 12.1. The molecule has 3 N–H and O–H groups in total. The van der Waals surface area contributed by atoms with Crippen molar-refractivity contribution in [1.29, 1.82) is 0 Å². The smallest absolute Gasteiger partial charge is 0.406 e. The zero-order valence-corrected chi connectivity index (χ0v) is 8.47. The second-order valence-electron chi connectivity index (χ2n) is 2.89. The van der Waals surface area contributed by atoms with Crippen LogP contribution in [0.5, 0.6) is 5.75 Å². The number of nitrogens with one attached hydrogen (secondary N) is 1. The Bertz CT molecular complexity index is 420. The van der Waals surface area contributed by atoms with Crippen LogP contribution in [0.15, 0.2) is 12.1 Å². The van der Waals surface area contributed by atoms with Crippen LogP contribution in [0.3, 0.4) is 0 Å². The highest BCUT2D eigenvalue weighted by molar-refractivity contribution is 5.76. The Morgan fingerprint density at radius 2 is 2.38 bits per heavy atom. The summed E-state index contributed by atoms with van der Waals surface area (Å²) in [4.78, 5) is 24.4. The molecular formula is C8H10N4O4. The summed E-state index contributed by atoms with van der Waals surface area (Å²) in [5, 5.41) is 10.6. The second kappa shape index (κ2) is 5.03. The fraction of sp³-hybridized carbons (Fsp3) is 0.250. The number of rotatable bonds is 4. The largest absolute Gasteiger partial charge is 0.476 e. The van der Waals surface area contributed by atoms with Crippen molar-refractivity contribution in [3.05, 3.63) is 27.9 Å². The summed E-state index contributed by atoms with van der Waals surface area (Å²) in [6.45, 7) is 1.21. The molecule has 1 heterocycles. The number of carbonyl (C=O) groups is 1. The van der Waals surface area contributed by atoms with Gasteiger partial charge in [-0.2, -0.15) is 0 Å². The molecule has 0 atom stereocenters. The summed E-state index contributed by atoms with van der Waals surface area (Å²) >= 11 is 0. The minimum Gasteiger partial charge on any atom is -0.476 e. The van der Waals surface area contributed by atoms with Gasteiger partial charge in [-0.05, 0) is 22.0 Å². The number of nitrogens with zero attached hydrogens (tertiary/aromatic N) is 2. The predicted octanol–water partition coefficient (Wildman–Crippen LogP) is -0.333. The molecule has 0 radical (unpaired) electrons. The molecule has 0 aliphatic heterocycles. The van der Waals surface area contributed by atoms with Crippen LogP contribution in [0.4, 0.5) is 5.82 Å². The molecule has 0 fully saturated rings. The van der Waals surface area contributed by atoms with Crippen molar-refractivity contribution < 1.29 is 14.5 Å². The van der Waals surface area contributed by atoms with Crippen LogP contribution >= 0.6 is 0 Å². The molecule has 0 spiro atoms. The Morgan fingerprint density at radius 3 is 2.94 bits per heavy atom. The van der Waals surface area contributed by atoms with Gasteiger partial charge < -0.3 is 14.9 Å². The molecule has 86 valence electrons. The third-order valence-corrected chi connectivity index (χ3v) is 1.67. The van der Waals surface area contributed by atoms with Crippen molar-refractivity contribution in [3.8, 4) is 5.75 Å². The lowest BCUT2D eigenvalue weighted by atomic mass is 10.3. The minimum atomic E-state index is -0.678. The van der Waals surface area contributed by atoms with Crippen molar-refractivity contribution in [2.75, 3.05) is 6.61 Å². The van der Waals surface area contributed by atoms with Crippen molar-refractivity contribution in [1.82, 2.24) is 10.4 Å². The van der Waals surface area contributed by atoms with E-state index in [-0.39, 0.29) is 5.75 Å². The van der Waals surface area contributed by atoms with Gasteiger partial charge in [0.15, 0.2) is 6.61 Å². The summed E-state index contributed by atoms with van der Waals surface area (Å²) in [5.41, 5.74) is 2.33. The molecule has 0 aliphatic carbocycles. The third kappa shape index (κ3) is 2.89. The fourth-order valence-electron chi connectivity index (χ4n) is 0.959. The van der Waals surface area contributed by atoms with E-state index in [0.717, 1.165) is 0 Å². The molecule has 0 bridgehead atoms. The standard InChI is InChI=1S/C8H10N4O4/c1-5-2-3-6(8(10-5)12(14)15)16-4-7(13)11-9/h2-3H,4,9H2,1H3,(H,11,13). The van der Waals surface area contributed by atoms with E-state index in [0.29, 0.717) is 5.69 Å². The highest BCUT2D eigenvalue weighted by Gasteiger charge is 2.18. The maximum absolute atomic E-state index is 10.8. The minimum absolute atomic E-state index is 0.0702. The van der Waals surface area contributed by atoms with Crippen LogP contribution in [0.2, 0.25) is 0 Å². The Morgan fingerprint density at radius 1 is 1.69 bits per heavy atom. The topological polar surface area (TPSA) is 120 Å². The quantitative estimate of drug-likeness (QED) is 0.314. The van der Waals surface area contributed by atoms with E-state index in [9.17, 15) is 14.9 Å². The Labute approximate surface area is 90.5 Å². The van der Waals surface area contributed by atoms with Gasteiger partial charge in [0, 0.05) is 6.92 Å². The molecule has 0 aliphatic rings. The van der Waals surface area contributed by atoms with E-state index in [1.54, 1.807) is 13.0 Å². The number of carbonyl (C=O) groups excluding carboxylic acids is 1. The number of hydrazine groups is 1. The maximum Gasteiger partial charge on any atom is 0.406 e. The number of amides is 1. The fourth-order valence-corrected chi connectivity index (χ4v) is 0.959. The molecule has 0 saturated carbocycles. The lowest BCUT2D eigenvalue weighted by molar-refractivity contribution is -0.390. The maximum atomic E-state index is 10.8. The Balaban J connectivity index is 2.87. The van der Waals surface area contributed by atoms with E-state index in [1.807, 2.05) is 5.43 Å². The van der Waals surface area contributed by atoms with Gasteiger partial charge in [0.2, 0.25) is 5.75 Å². The van der Waals surface area contributed by atoms with Gasteiger partial charge in [-0.15, -0.1) is 0 Å². The first kappa shape index (κ1) is 11.9. The van der Waals surface area contributed by atoms with Gasteiger partial charge in [-0.1, -0.05) is 0 Å². The average molecular weight is 226 g/mol. The first-order valence-electron chi connectivity index (χ1n) is 4.29. The molecule has 1 aromatic rings. The number of hydrogen-bond donors (Lipinski definition) is 2. The molecule has 0 unspecified atom stereocenters. The monoisotopic (exact) mass is 226 g/mol. The number of hydrogen-bond acceptors (Lipinski definition) is 6. The number of aromatic nitrogens is 1. The second-order valence-corrected chi connectivity index (χ2v) is 2.89. The molecule has 16 heavy (non-hydrogen) atoms. The highest BCUT2D eigenvalue weighted by Crippen LogP contribution is 2.24. The summed E-state index contributed by atoms with van der Waals surface area (Å²) in [6, 6.07) is 2.92. The van der Waals surface area contributed by atoms with E-state index in [2.05, 4.69) is 4.98 Å². The molecule has 1 amide bonds. The average Bonchev–Trinajstić information content (AvgIpc) is 2.26. The summed E-state index contributed by atoms with van der Waals surface area (Å²) in [5.74, 6) is 3.74. The molecule has 0 saturated heterocycles. The summed E-state index contributed by atoms with van der Waals surface area (Å²) in [6.07, 6.45) is 0. The number of aryl methyl sites for hydroxylation is 1. The van der Waals surface area contributed by atoms with Gasteiger partial charge in [0.05, 0.1) is 0 Å². The number of nitro groups is 1. The summed E-state index contributed by atoms with van der Waals surface area (Å²) < 4.78 is 4.91. The van der Waals surface area contributed by atoms with Gasteiger partial charge in [0.25, 0.3) is 5.91 Å². The number of ether oxygens (including phenoxy) is 1. The van der Waals surface area contributed by atoms with E-state index < -0.39 is 23.3 Å². The van der Waals surface area contributed by atoms with Crippen LogP contribution in [0.25, 0.3) is 0 Å². The lowest BCUT2D eigenvalue weighted by Gasteiger charge is -2.04. The van der Waals surface area contributed by atoms with E-state index in [4.69, 9.17) is 10.6 Å². The van der Waals surface area contributed by atoms with E-state index in [1.165, 1.54) is 6.07 Å². The lowest BCUT2D eigenvalue weighted by Crippen LogP contribution is -2.34. The Hall–Kier alpha value is -2.22. The van der Waals surface area contributed by atoms with Gasteiger partial charge in [-0.25, -0.2) is 5.84 Å². The molecular weight excluding hydrogens is 216 g/mol. The zero-order valence-electron chi connectivity index (χ0n) is 8.47. The van der Waals surface area contributed by atoms with Crippen LogP contribution in [0, 0.1) is 17.0 Å². The number of pyridine rings is 1. The number of nitrogens with two attached hydrogens (primary N) is 1. The van der Waals surface area contributed by atoms with Crippen LogP contribution < -0.4 is 16.0 Å². The first-order valence-corrected chi connectivity index (χ1v) is 4.29. The van der Waals surface area contributed by atoms with Crippen molar-refractivity contribution in [2.24, 2.45) is 5.84 Å². The molecule has 0 aromatic carbocycles. The third-order valence-electron chi connectivity index (χ3n) is 1.67. The highest BCUT2D eigenvalue weighted by atomic mass is 16.6. The molecule has 1 aromatic heterocycles. The van der Waals surface area contributed by atoms with Crippen LogP contribution in [-0.2, 0) is 4.79 Å². The molecule has 8 heteroatoms. The normalized spacial score (nSPS) is 9.62. The van der Waals surface area contributed by atoms with Crippen molar-refractivity contribution in [2.45, 2.75) is 6.92 Å². The van der Waals surface area contributed by atoms with Gasteiger partial charge in [-0.3, -0.25) is 10.2 Å².